The Balaban J connectivity index is 1.27. The molecule has 2 aliphatic rings. The first-order valence-electron chi connectivity index (χ1n) is 11.4. The number of rotatable bonds is 7. The number of nitrogens with one attached hydrogen (secondary N) is 1. The van der Waals surface area contributed by atoms with Gasteiger partial charge in [-0.25, -0.2) is 9.78 Å². The molecule has 2 saturated heterocycles. The summed E-state index contributed by atoms with van der Waals surface area (Å²) < 4.78 is 1.86. The third-order valence-corrected chi connectivity index (χ3v) is 8.51. The molecule has 1 N–H and O–H groups in total. The number of imide groups is 1. The first kappa shape index (κ1) is 22.1. The third-order valence-electron chi connectivity index (χ3n) is 6.80. The Morgan fingerprint density at radius 3 is 2.76 bits per heavy atom. The third kappa shape index (κ3) is 3.95. The molecule has 5 rings (SSSR count). The molecule has 0 aliphatic carbocycles. The van der Waals surface area contributed by atoms with Crippen LogP contribution in [0.15, 0.2) is 35.3 Å². The predicted octanol–water partition coefficient (Wildman–Crippen LogP) is 3.64. The second kappa shape index (κ2) is 8.90. The monoisotopic (exact) mass is 485 g/mol. The average Bonchev–Trinajstić information content (AvgIpc) is 3.59. The number of amides is 4. The molecular weight excluding hydrogens is 458 g/mol. The second-order valence-electron chi connectivity index (χ2n) is 8.72. The minimum Gasteiger partial charge on any atom is -0.337 e. The molecule has 0 aromatic carbocycles. The summed E-state index contributed by atoms with van der Waals surface area (Å²) in [6.07, 6.45) is 7.11. The van der Waals surface area contributed by atoms with Gasteiger partial charge < -0.3 is 10.2 Å². The minimum atomic E-state index is -0.868. The highest BCUT2D eigenvalue weighted by atomic mass is 32.1. The van der Waals surface area contributed by atoms with E-state index < -0.39 is 5.54 Å². The van der Waals surface area contributed by atoms with E-state index in [9.17, 15) is 14.4 Å². The van der Waals surface area contributed by atoms with Gasteiger partial charge in [0.2, 0.25) is 0 Å². The van der Waals surface area contributed by atoms with Crippen molar-refractivity contribution < 1.29 is 14.4 Å². The van der Waals surface area contributed by atoms with Gasteiger partial charge in [0.1, 0.15) is 11.2 Å². The lowest BCUT2D eigenvalue weighted by Crippen LogP contribution is -2.56. The van der Waals surface area contributed by atoms with Crippen LogP contribution in [-0.2, 0) is 11.2 Å². The Bertz CT molecular complexity index is 1130. The summed E-state index contributed by atoms with van der Waals surface area (Å²) in [4.78, 5) is 49.0. The minimum absolute atomic E-state index is 0.00942. The van der Waals surface area contributed by atoms with Crippen molar-refractivity contribution in [2.45, 2.75) is 44.6 Å². The number of thiazole rings is 1. The van der Waals surface area contributed by atoms with Crippen LogP contribution in [0.5, 0.6) is 0 Å². The number of urea groups is 1. The fourth-order valence-electron chi connectivity index (χ4n) is 5.14. The molecule has 1 unspecified atom stereocenters. The van der Waals surface area contributed by atoms with Crippen LogP contribution in [0, 0.1) is 5.92 Å². The SMILES string of the molecule is CCCC1(C2CCN(C(=O)c3cn4ccsc4n3)CC2)NC(=O)N(CCc2cccs2)C1=O. The van der Waals surface area contributed by atoms with E-state index in [0.717, 1.165) is 16.3 Å². The van der Waals surface area contributed by atoms with Gasteiger partial charge >= 0.3 is 6.03 Å². The Hall–Kier alpha value is -2.72. The molecule has 0 saturated carbocycles. The molecule has 8 nitrogen and oxygen atoms in total. The molecule has 3 aromatic rings. The molecule has 2 aliphatic heterocycles. The largest absolute Gasteiger partial charge is 0.337 e. The molecule has 1 atom stereocenters. The smallest absolute Gasteiger partial charge is 0.325 e. The molecule has 33 heavy (non-hydrogen) atoms. The number of fused-ring (bicyclic) bond motifs is 1. The lowest BCUT2D eigenvalue weighted by Gasteiger charge is -2.40. The van der Waals surface area contributed by atoms with Crippen molar-refractivity contribution in [2.75, 3.05) is 19.6 Å². The number of carbonyl (C=O) groups excluding carboxylic acids is 3. The van der Waals surface area contributed by atoms with Gasteiger partial charge in [-0.2, -0.15) is 0 Å². The molecule has 0 bridgehead atoms. The van der Waals surface area contributed by atoms with Gasteiger partial charge in [0.25, 0.3) is 11.8 Å². The van der Waals surface area contributed by atoms with Crippen LogP contribution in [0.2, 0.25) is 0 Å². The van der Waals surface area contributed by atoms with Crippen LogP contribution in [0.1, 0.15) is 48.0 Å². The number of piperidine rings is 1. The Kier molecular flexibility index (Phi) is 5.96. The summed E-state index contributed by atoms with van der Waals surface area (Å²) in [5.41, 5.74) is -0.415. The number of carbonyl (C=O) groups is 3. The maximum atomic E-state index is 13.5. The summed E-state index contributed by atoms with van der Waals surface area (Å²) in [7, 11) is 0. The summed E-state index contributed by atoms with van der Waals surface area (Å²) in [5.74, 6) is -0.173. The summed E-state index contributed by atoms with van der Waals surface area (Å²) in [6, 6.07) is 3.72. The molecule has 4 amide bonds. The van der Waals surface area contributed by atoms with Gasteiger partial charge in [0.15, 0.2) is 4.96 Å². The zero-order valence-electron chi connectivity index (χ0n) is 18.5. The Morgan fingerprint density at radius 1 is 1.24 bits per heavy atom. The zero-order valence-corrected chi connectivity index (χ0v) is 20.2. The van der Waals surface area contributed by atoms with Crippen molar-refractivity contribution in [3.05, 3.63) is 45.9 Å². The van der Waals surface area contributed by atoms with E-state index >= 15 is 0 Å². The number of aromatic nitrogens is 2. The van der Waals surface area contributed by atoms with Gasteiger partial charge in [0.05, 0.1) is 0 Å². The highest BCUT2D eigenvalue weighted by molar-refractivity contribution is 7.15. The zero-order chi connectivity index (χ0) is 23.0. The van der Waals surface area contributed by atoms with E-state index in [-0.39, 0.29) is 23.8 Å². The highest BCUT2D eigenvalue weighted by Gasteiger charge is 2.55. The van der Waals surface area contributed by atoms with Crippen LogP contribution < -0.4 is 5.32 Å². The number of nitrogens with zero attached hydrogens (tertiary/aromatic N) is 4. The van der Waals surface area contributed by atoms with Gasteiger partial charge in [0, 0.05) is 42.3 Å². The highest BCUT2D eigenvalue weighted by Crippen LogP contribution is 2.37. The molecule has 2 fully saturated rings. The summed E-state index contributed by atoms with van der Waals surface area (Å²) >= 11 is 3.13. The number of hydrogen-bond donors (Lipinski definition) is 1. The molecule has 0 radical (unpaired) electrons. The van der Waals surface area contributed by atoms with Crippen molar-refractivity contribution in [3.8, 4) is 0 Å². The van der Waals surface area contributed by atoms with Crippen molar-refractivity contribution in [1.29, 1.82) is 0 Å². The standard InChI is InChI=1S/C23H27N5O3S2/c1-2-8-23(20(30)28(21(31)25-23)11-7-17-4-3-13-32-17)16-5-9-26(10-6-16)19(29)18-15-27-12-14-33-22(27)24-18/h3-4,12-16H,2,5-11H2,1H3,(H,25,31). The van der Waals surface area contributed by atoms with Gasteiger partial charge in [-0.15, -0.1) is 22.7 Å². The van der Waals surface area contributed by atoms with Crippen molar-refractivity contribution in [3.63, 3.8) is 0 Å². The van der Waals surface area contributed by atoms with E-state index in [2.05, 4.69) is 10.3 Å². The lowest BCUT2D eigenvalue weighted by atomic mass is 9.74. The van der Waals surface area contributed by atoms with E-state index in [1.54, 1.807) is 17.5 Å². The first-order valence-corrected chi connectivity index (χ1v) is 13.2. The van der Waals surface area contributed by atoms with Crippen LogP contribution in [-0.4, -0.2) is 62.2 Å². The Morgan fingerprint density at radius 2 is 2.06 bits per heavy atom. The fraction of sp³-hybridized carbons (Fsp3) is 0.478. The van der Waals surface area contributed by atoms with Crippen LogP contribution in [0.3, 0.4) is 0 Å². The van der Waals surface area contributed by atoms with Crippen LogP contribution >= 0.6 is 22.7 Å². The van der Waals surface area contributed by atoms with Crippen molar-refractivity contribution >= 4 is 45.5 Å². The van der Waals surface area contributed by atoms with E-state index in [0.29, 0.717) is 51.0 Å². The molecule has 0 spiro atoms. The number of likely N-dealkylation sites (tertiary alicyclic amines) is 1. The van der Waals surface area contributed by atoms with Gasteiger partial charge in [-0.05, 0) is 43.0 Å². The normalized spacial score (nSPS) is 21.8. The molecule has 174 valence electrons. The molecular formula is C23H27N5O3S2. The maximum absolute atomic E-state index is 13.5. The summed E-state index contributed by atoms with van der Waals surface area (Å²) in [6.45, 7) is 3.54. The lowest BCUT2D eigenvalue weighted by molar-refractivity contribution is -0.134. The number of hydrogen-bond acceptors (Lipinski definition) is 6. The number of thiophene rings is 1. The predicted molar refractivity (Wildman–Crippen MR) is 128 cm³/mol. The van der Waals surface area contributed by atoms with Gasteiger partial charge in [-0.3, -0.25) is 18.9 Å². The van der Waals surface area contributed by atoms with Crippen molar-refractivity contribution in [1.82, 2.24) is 24.5 Å². The molecule has 10 heteroatoms. The fourth-order valence-corrected chi connectivity index (χ4v) is 6.54. The Labute approximate surface area is 200 Å². The van der Waals surface area contributed by atoms with Gasteiger partial charge in [-0.1, -0.05) is 19.4 Å². The first-order chi connectivity index (χ1) is 16.0. The average molecular weight is 486 g/mol. The maximum Gasteiger partial charge on any atom is 0.325 e. The van der Waals surface area contributed by atoms with E-state index in [1.165, 1.54) is 16.2 Å². The quantitative estimate of drug-likeness (QED) is 0.518. The van der Waals surface area contributed by atoms with E-state index in [1.807, 2.05) is 45.3 Å². The van der Waals surface area contributed by atoms with E-state index in [4.69, 9.17) is 0 Å². The van der Waals surface area contributed by atoms with Crippen molar-refractivity contribution in [2.24, 2.45) is 5.92 Å². The number of imidazole rings is 1. The van der Waals surface area contributed by atoms with Crippen LogP contribution in [0.4, 0.5) is 4.79 Å². The molecule has 5 heterocycles. The molecule has 3 aromatic heterocycles. The summed E-state index contributed by atoms with van der Waals surface area (Å²) in [5, 5.41) is 7.02. The second-order valence-corrected chi connectivity index (χ2v) is 10.6. The van der Waals surface area contributed by atoms with Crippen LogP contribution in [0.25, 0.3) is 4.96 Å². The topological polar surface area (TPSA) is 87.0 Å².